The standard InChI is InChI=1S/C28H27N3O7/c1-15-4-8-21-22(10-15)27(34)30(26(21)33)23-9-7-20(11-17(23)3)38-28(35)18-12-25(32)29(14-18)19-6-5-16(2)24(13-19)31(36)37/h4-7,9,11,13,18,21-22H,8,10,12,14H2,1-3H3/t18-,21-,22-/m0/s1. The van der Waals surface area contributed by atoms with Gasteiger partial charge in [-0.15, -0.1) is 0 Å². The van der Waals surface area contributed by atoms with Gasteiger partial charge in [0.05, 0.1) is 34.1 Å². The minimum absolute atomic E-state index is 0.0436. The highest BCUT2D eigenvalue weighted by atomic mass is 16.6. The Bertz CT molecular complexity index is 1430. The molecule has 2 aromatic carbocycles. The number of aryl methyl sites for hydroxylation is 2. The normalized spacial score (nSPS) is 23.0. The topological polar surface area (TPSA) is 127 Å². The number of carbonyl (C=O) groups excluding carboxylic acids is 4. The van der Waals surface area contributed by atoms with E-state index in [2.05, 4.69) is 0 Å². The average molecular weight is 518 g/mol. The zero-order valence-corrected chi connectivity index (χ0v) is 21.3. The summed E-state index contributed by atoms with van der Waals surface area (Å²) in [6, 6.07) is 9.24. The number of ether oxygens (including phenoxy) is 1. The van der Waals surface area contributed by atoms with E-state index in [4.69, 9.17) is 4.74 Å². The van der Waals surface area contributed by atoms with Gasteiger partial charge in [-0.2, -0.15) is 0 Å². The van der Waals surface area contributed by atoms with E-state index in [0.717, 1.165) is 5.57 Å². The molecule has 2 aromatic rings. The molecule has 2 saturated heterocycles. The molecule has 0 unspecified atom stereocenters. The first-order valence-electron chi connectivity index (χ1n) is 12.5. The maximum Gasteiger partial charge on any atom is 0.316 e. The molecular weight excluding hydrogens is 490 g/mol. The van der Waals surface area contributed by atoms with E-state index in [1.165, 1.54) is 21.9 Å². The van der Waals surface area contributed by atoms with Crippen molar-refractivity contribution in [3.05, 3.63) is 69.3 Å². The predicted octanol–water partition coefficient (Wildman–Crippen LogP) is 4.02. The fourth-order valence-electron chi connectivity index (χ4n) is 5.49. The summed E-state index contributed by atoms with van der Waals surface area (Å²) in [6.45, 7) is 5.36. The fourth-order valence-corrected chi connectivity index (χ4v) is 5.49. The Kier molecular flexibility index (Phi) is 6.34. The van der Waals surface area contributed by atoms with Crippen LogP contribution in [0.4, 0.5) is 17.1 Å². The van der Waals surface area contributed by atoms with Gasteiger partial charge in [0.2, 0.25) is 17.7 Å². The molecule has 5 rings (SSSR count). The maximum absolute atomic E-state index is 13.1. The van der Waals surface area contributed by atoms with Crippen LogP contribution in [0.25, 0.3) is 0 Å². The lowest BCUT2D eigenvalue weighted by molar-refractivity contribution is -0.385. The van der Waals surface area contributed by atoms with E-state index in [0.29, 0.717) is 35.3 Å². The van der Waals surface area contributed by atoms with Crippen LogP contribution < -0.4 is 14.5 Å². The van der Waals surface area contributed by atoms with Gasteiger partial charge in [0.25, 0.3) is 5.69 Å². The van der Waals surface area contributed by atoms with Crippen molar-refractivity contribution >= 4 is 40.8 Å². The number of carbonyl (C=O) groups is 4. The highest BCUT2D eigenvalue weighted by molar-refractivity contribution is 6.22. The van der Waals surface area contributed by atoms with Crippen LogP contribution in [0.2, 0.25) is 0 Å². The molecule has 10 nitrogen and oxygen atoms in total. The van der Waals surface area contributed by atoms with E-state index in [-0.39, 0.29) is 54.0 Å². The number of rotatable bonds is 5. The monoisotopic (exact) mass is 517 g/mol. The number of esters is 1. The first-order valence-corrected chi connectivity index (χ1v) is 12.5. The number of nitro benzene ring substituents is 1. The summed E-state index contributed by atoms with van der Waals surface area (Å²) in [5, 5.41) is 11.3. The minimum atomic E-state index is -0.747. The van der Waals surface area contributed by atoms with E-state index in [9.17, 15) is 29.3 Å². The summed E-state index contributed by atoms with van der Waals surface area (Å²) >= 11 is 0. The van der Waals surface area contributed by atoms with E-state index in [1.54, 1.807) is 38.1 Å². The third-order valence-corrected chi connectivity index (χ3v) is 7.61. The maximum atomic E-state index is 13.1. The lowest BCUT2D eigenvalue weighted by Gasteiger charge is -2.19. The molecule has 2 aliphatic heterocycles. The van der Waals surface area contributed by atoms with Crippen LogP contribution in [0, 0.1) is 41.7 Å². The van der Waals surface area contributed by atoms with Gasteiger partial charge < -0.3 is 9.64 Å². The van der Waals surface area contributed by atoms with Gasteiger partial charge in [0, 0.05) is 24.6 Å². The minimum Gasteiger partial charge on any atom is -0.426 e. The Morgan fingerprint density at radius 2 is 1.71 bits per heavy atom. The molecule has 3 amide bonds. The van der Waals surface area contributed by atoms with Crippen molar-refractivity contribution in [2.24, 2.45) is 17.8 Å². The predicted molar refractivity (Wildman–Crippen MR) is 138 cm³/mol. The van der Waals surface area contributed by atoms with Gasteiger partial charge in [0.15, 0.2) is 0 Å². The van der Waals surface area contributed by atoms with Gasteiger partial charge in [-0.05, 0) is 63.4 Å². The van der Waals surface area contributed by atoms with Crippen LogP contribution in [0.5, 0.6) is 5.75 Å². The van der Waals surface area contributed by atoms with Crippen molar-refractivity contribution in [3.63, 3.8) is 0 Å². The number of nitrogens with zero attached hydrogens (tertiary/aromatic N) is 3. The number of fused-ring (bicyclic) bond motifs is 1. The van der Waals surface area contributed by atoms with Gasteiger partial charge in [-0.3, -0.25) is 29.3 Å². The van der Waals surface area contributed by atoms with Crippen LogP contribution >= 0.6 is 0 Å². The van der Waals surface area contributed by atoms with Crippen molar-refractivity contribution in [1.82, 2.24) is 0 Å². The van der Waals surface area contributed by atoms with Crippen molar-refractivity contribution in [3.8, 4) is 5.75 Å². The summed E-state index contributed by atoms with van der Waals surface area (Å²) in [5.41, 5.74) is 2.92. The number of imide groups is 1. The molecular formula is C28H27N3O7. The van der Waals surface area contributed by atoms with E-state index in [1.807, 2.05) is 13.0 Å². The third kappa shape index (κ3) is 4.36. The lowest BCUT2D eigenvalue weighted by Crippen LogP contribution is -2.31. The molecule has 0 spiro atoms. The molecule has 2 fully saturated rings. The van der Waals surface area contributed by atoms with Crippen LogP contribution in [-0.2, 0) is 19.2 Å². The van der Waals surface area contributed by atoms with Crippen molar-refractivity contribution in [1.29, 1.82) is 0 Å². The third-order valence-electron chi connectivity index (χ3n) is 7.61. The highest BCUT2D eigenvalue weighted by Gasteiger charge is 2.49. The molecule has 0 N–H and O–H groups in total. The van der Waals surface area contributed by atoms with E-state index < -0.39 is 16.8 Å². The summed E-state index contributed by atoms with van der Waals surface area (Å²) < 4.78 is 5.55. The molecule has 0 bridgehead atoms. The summed E-state index contributed by atoms with van der Waals surface area (Å²) in [7, 11) is 0. The summed E-state index contributed by atoms with van der Waals surface area (Å²) in [6.07, 6.45) is 3.07. The Balaban J connectivity index is 1.28. The second kappa shape index (κ2) is 9.51. The Hall–Kier alpha value is -4.34. The molecule has 3 atom stereocenters. The first-order chi connectivity index (χ1) is 18.0. The molecule has 0 saturated carbocycles. The second-order valence-electron chi connectivity index (χ2n) is 10.2. The Morgan fingerprint density at radius 3 is 2.42 bits per heavy atom. The number of allylic oxidation sites excluding steroid dienone is 2. The number of hydrogen-bond acceptors (Lipinski definition) is 7. The molecule has 2 heterocycles. The van der Waals surface area contributed by atoms with Gasteiger partial charge >= 0.3 is 5.97 Å². The Morgan fingerprint density at radius 1 is 0.974 bits per heavy atom. The molecule has 38 heavy (non-hydrogen) atoms. The van der Waals surface area contributed by atoms with Gasteiger partial charge in [-0.1, -0.05) is 17.7 Å². The molecule has 196 valence electrons. The number of anilines is 2. The fraction of sp³-hybridized carbons (Fsp3) is 0.357. The van der Waals surface area contributed by atoms with Crippen LogP contribution in [0.3, 0.4) is 0 Å². The van der Waals surface area contributed by atoms with Crippen molar-refractivity contribution < 1.29 is 28.8 Å². The summed E-state index contributed by atoms with van der Waals surface area (Å²) in [4.78, 5) is 65.0. The van der Waals surface area contributed by atoms with E-state index >= 15 is 0 Å². The van der Waals surface area contributed by atoms with Crippen molar-refractivity contribution in [2.75, 3.05) is 16.3 Å². The van der Waals surface area contributed by atoms with Crippen LogP contribution in [0.1, 0.15) is 37.3 Å². The molecule has 1 aliphatic carbocycles. The SMILES string of the molecule is CC1=CC[C@@H]2C(=O)N(c3ccc(OC(=O)[C@H]4CC(=O)N(c5ccc(C)c([N+](=O)[O-])c5)C4)cc3C)C(=O)[C@H]2C1. The largest absolute Gasteiger partial charge is 0.426 e. The first kappa shape index (κ1) is 25.3. The summed E-state index contributed by atoms with van der Waals surface area (Å²) in [5.74, 6) is -2.54. The zero-order valence-electron chi connectivity index (χ0n) is 21.3. The molecule has 0 aromatic heterocycles. The second-order valence-corrected chi connectivity index (χ2v) is 10.2. The zero-order chi connectivity index (χ0) is 27.3. The highest BCUT2D eigenvalue weighted by Crippen LogP contribution is 2.41. The van der Waals surface area contributed by atoms with Gasteiger partial charge in [0.1, 0.15) is 5.75 Å². The smallest absolute Gasteiger partial charge is 0.316 e. The van der Waals surface area contributed by atoms with Gasteiger partial charge in [-0.25, -0.2) is 4.90 Å². The van der Waals surface area contributed by atoms with Crippen LogP contribution in [0.15, 0.2) is 48.0 Å². The number of nitro groups is 1. The molecule has 10 heteroatoms. The quantitative estimate of drug-likeness (QED) is 0.146. The average Bonchev–Trinajstić information content (AvgIpc) is 3.37. The molecule has 0 radical (unpaired) electrons. The van der Waals surface area contributed by atoms with Crippen molar-refractivity contribution in [2.45, 2.75) is 40.0 Å². The lowest BCUT2D eigenvalue weighted by atomic mass is 9.82. The Labute approximate surface area is 219 Å². The molecule has 3 aliphatic rings. The number of hydrogen-bond donors (Lipinski definition) is 0. The van der Waals surface area contributed by atoms with Crippen LogP contribution in [-0.4, -0.2) is 35.2 Å². The number of benzene rings is 2. The number of amides is 3.